The van der Waals surface area contributed by atoms with E-state index in [-0.39, 0.29) is 11.7 Å². The molecule has 146 valence electrons. The van der Waals surface area contributed by atoms with E-state index in [2.05, 4.69) is 10.4 Å². The number of hydrogen-bond donors (Lipinski definition) is 1. The molecule has 0 bridgehead atoms. The number of carbonyl (C=O) groups excluding carboxylic acids is 2. The van der Waals surface area contributed by atoms with Crippen LogP contribution in [0.25, 0.3) is 20.7 Å². The molecular formula is C21H17FN4O2S. The number of nitrogens with zero attached hydrogens (tertiary/aromatic N) is 3. The van der Waals surface area contributed by atoms with Gasteiger partial charge >= 0.3 is 0 Å². The third-order valence-corrected chi connectivity index (χ3v) is 6.41. The van der Waals surface area contributed by atoms with Crippen LogP contribution >= 0.6 is 11.3 Å². The number of aromatic nitrogens is 2. The molecule has 0 saturated heterocycles. The molecule has 0 unspecified atom stereocenters. The van der Waals surface area contributed by atoms with Gasteiger partial charge in [0.1, 0.15) is 16.5 Å². The molecule has 1 aliphatic carbocycles. The number of nitrogens with one attached hydrogen (secondary N) is 1. The van der Waals surface area contributed by atoms with Crippen LogP contribution in [0.1, 0.15) is 37.1 Å². The Bertz CT molecular complexity index is 1210. The second-order valence-electron chi connectivity index (χ2n) is 7.37. The quantitative estimate of drug-likeness (QED) is 0.651. The van der Waals surface area contributed by atoms with Crippen molar-refractivity contribution >= 4 is 39.2 Å². The zero-order valence-electron chi connectivity index (χ0n) is 15.8. The Hall–Kier alpha value is -3.13. The summed E-state index contributed by atoms with van der Waals surface area (Å²) < 4.78 is 13.3. The highest BCUT2D eigenvalue weighted by Crippen LogP contribution is 2.44. The van der Waals surface area contributed by atoms with Crippen molar-refractivity contribution in [2.75, 3.05) is 5.43 Å². The monoisotopic (exact) mass is 408 g/mol. The fourth-order valence-corrected chi connectivity index (χ4v) is 4.63. The Morgan fingerprint density at radius 1 is 1.14 bits per heavy atom. The van der Waals surface area contributed by atoms with E-state index < -0.39 is 5.91 Å². The summed E-state index contributed by atoms with van der Waals surface area (Å²) in [6, 6.07) is 6.32. The van der Waals surface area contributed by atoms with Crippen LogP contribution in [0, 0.1) is 12.7 Å². The van der Waals surface area contributed by atoms with Gasteiger partial charge in [0.25, 0.3) is 11.8 Å². The number of amides is 2. The summed E-state index contributed by atoms with van der Waals surface area (Å²) in [5.41, 5.74) is 5.12. The molecule has 5 rings (SSSR count). The Morgan fingerprint density at radius 2 is 1.86 bits per heavy atom. The number of thiophene rings is 1. The molecule has 6 nitrogen and oxygen atoms in total. The van der Waals surface area contributed by atoms with E-state index in [4.69, 9.17) is 4.98 Å². The molecule has 0 spiro atoms. The van der Waals surface area contributed by atoms with E-state index >= 15 is 0 Å². The molecule has 1 saturated carbocycles. The third-order valence-electron chi connectivity index (χ3n) is 5.17. The van der Waals surface area contributed by atoms with Crippen LogP contribution in [-0.4, -0.2) is 26.8 Å². The van der Waals surface area contributed by atoms with Crippen LogP contribution in [-0.2, 0) is 9.59 Å². The highest BCUT2D eigenvalue weighted by atomic mass is 32.1. The number of halogens is 1. The molecule has 29 heavy (non-hydrogen) atoms. The zero-order valence-corrected chi connectivity index (χ0v) is 16.6. The molecule has 0 radical (unpaired) electrons. The fraction of sp³-hybridized carbons (Fsp3) is 0.238. The minimum Gasteiger partial charge on any atom is -0.271 e. The van der Waals surface area contributed by atoms with Crippen molar-refractivity contribution in [1.29, 1.82) is 0 Å². The Kier molecular flexibility index (Phi) is 3.99. The van der Waals surface area contributed by atoms with Crippen molar-refractivity contribution in [3.8, 4) is 10.4 Å². The minimum absolute atomic E-state index is 0.292. The maximum absolute atomic E-state index is 13.3. The topological polar surface area (TPSA) is 75.2 Å². The van der Waals surface area contributed by atoms with Gasteiger partial charge in [-0.2, -0.15) is 5.01 Å². The number of rotatable bonds is 4. The van der Waals surface area contributed by atoms with Gasteiger partial charge in [0.05, 0.1) is 5.39 Å². The van der Waals surface area contributed by atoms with Crippen molar-refractivity contribution in [2.24, 2.45) is 0 Å². The minimum atomic E-state index is -0.418. The van der Waals surface area contributed by atoms with Crippen LogP contribution < -0.4 is 5.43 Å². The van der Waals surface area contributed by atoms with Gasteiger partial charge in [-0.05, 0) is 49.9 Å². The van der Waals surface area contributed by atoms with Crippen molar-refractivity contribution in [1.82, 2.24) is 15.0 Å². The van der Waals surface area contributed by atoms with Gasteiger partial charge in [-0.25, -0.2) is 14.4 Å². The van der Waals surface area contributed by atoms with Crippen LogP contribution in [0.2, 0.25) is 0 Å². The summed E-state index contributed by atoms with van der Waals surface area (Å²) in [6.45, 7) is 3.55. The predicted molar refractivity (Wildman–Crippen MR) is 109 cm³/mol. The van der Waals surface area contributed by atoms with E-state index in [1.807, 2.05) is 6.92 Å². The number of carbonyl (C=O) groups is 2. The van der Waals surface area contributed by atoms with Crippen molar-refractivity contribution in [3.05, 3.63) is 53.1 Å². The molecule has 2 aliphatic rings. The van der Waals surface area contributed by atoms with E-state index in [9.17, 15) is 14.0 Å². The standard InChI is InChI=1S/C21H17FN4O2S/c1-10-9-15(27)26(21(10)28)25-19-16-11(2)17(12-5-7-14(22)8-6-12)29-20(16)24-18(23-19)13-3-4-13/h5-9,13H,3-4H2,1-2H3,(H,23,24,25). The lowest BCUT2D eigenvalue weighted by molar-refractivity contribution is -0.135. The number of benzene rings is 1. The molecule has 1 aliphatic heterocycles. The summed E-state index contributed by atoms with van der Waals surface area (Å²) in [4.78, 5) is 35.7. The largest absolute Gasteiger partial charge is 0.275 e. The predicted octanol–water partition coefficient (Wildman–Crippen LogP) is 4.33. The number of anilines is 1. The van der Waals surface area contributed by atoms with Crippen molar-refractivity contribution < 1.29 is 14.0 Å². The number of hydrogen-bond acceptors (Lipinski definition) is 6. The molecule has 2 aromatic heterocycles. The Morgan fingerprint density at radius 3 is 2.48 bits per heavy atom. The molecule has 0 atom stereocenters. The lowest BCUT2D eigenvalue weighted by Gasteiger charge is -2.17. The van der Waals surface area contributed by atoms with Gasteiger partial charge in [0, 0.05) is 22.4 Å². The van der Waals surface area contributed by atoms with Gasteiger partial charge in [-0.3, -0.25) is 15.0 Å². The summed E-state index contributed by atoms with van der Waals surface area (Å²) in [5, 5.41) is 1.76. The van der Waals surface area contributed by atoms with Gasteiger partial charge in [0.2, 0.25) is 0 Å². The van der Waals surface area contributed by atoms with Crippen molar-refractivity contribution in [2.45, 2.75) is 32.6 Å². The highest BCUT2D eigenvalue weighted by molar-refractivity contribution is 7.22. The Labute approximate surface area is 170 Å². The number of fused-ring (bicyclic) bond motifs is 1. The molecular weight excluding hydrogens is 391 g/mol. The van der Waals surface area contributed by atoms with Gasteiger partial charge in [-0.15, -0.1) is 11.3 Å². The van der Waals surface area contributed by atoms with Crippen molar-refractivity contribution in [3.63, 3.8) is 0 Å². The van der Waals surface area contributed by atoms with Crippen LogP contribution in [0.3, 0.4) is 0 Å². The van der Waals surface area contributed by atoms with E-state index in [1.54, 1.807) is 19.1 Å². The van der Waals surface area contributed by atoms with E-state index in [0.717, 1.165) is 49.9 Å². The first-order chi connectivity index (χ1) is 13.9. The number of aryl methyl sites for hydroxylation is 1. The molecule has 1 aromatic carbocycles. The van der Waals surface area contributed by atoms with Gasteiger partial charge in [-0.1, -0.05) is 12.1 Å². The first kappa shape index (κ1) is 17.9. The maximum atomic E-state index is 13.3. The summed E-state index contributed by atoms with van der Waals surface area (Å²) in [7, 11) is 0. The van der Waals surface area contributed by atoms with Gasteiger partial charge in [0.15, 0.2) is 5.82 Å². The second kappa shape index (κ2) is 6.45. The fourth-order valence-electron chi connectivity index (χ4n) is 3.44. The highest BCUT2D eigenvalue weighted by Gasteiger charge is 2.32. The van der Waals surface area contributed by atoms with Crippen LogP contribution in [0.15, 0.2) is 35.9 Å². The lowest BCUT2D eigenvalue weighted by atomic mass is 10.1. The summed E-state index contributed by atoms with van der Waals surface area (Å²) in [6.07, 6.45) is 3.37. The molecule has 3 aromatic rings. The smallest absolute Gasteiger partial charge is 0.271 e. The Balaban J connectivity index is 1.65. The lowest BCUT2D eigenvalue weighted by Crippen LogP contribution is -2.36. The average molecular weight is 408 g/mol. The first-order valence-electron chi connectivity index (χ1n) is 9.32. The SMILES string of the molecule is CC1=CC(=O)N(Nc2nc(C3CC3)nc3sc(-c4ccc(F)cc4)c(C)c23)C1=O. The molecule has 8 heteroatoms. The number of hydrazine groups is 1. The molecule has 3 heterocycles. The van der Waals surface area contributed by atoms with E-state index in [0.29, 0.717) is 17.3 Å². The normalized spacial score (nSPS) is 16.7. The van der Waals surface area contributed by atoms with Crippen LogP contribution in [0.5, 0.6) is 0 Å². The second-order valence-corrected chi connectivity index (χ2v) is 8.36. The van der Waals surface area contributed by atoms with Crippen LogP contribution in [0.4, 0.5) is 10.2 Å². The first-order valence-corrected chi connectivity index (χ1v) is 10.1. The van der Waals surface area contributed by atoms with Gasteiger partial charge < -0.3 is 0 Å². The maximum Gasteiger partial charge on any atom is 0.275 e. The molecule has 1 N–H and O–H groups in total. The van der Waals surface area contributed by atoms with E-state index in [1.165, 1.54) is 29.5 Å². The summed E-state index contributed by atoms with van der Waals surface area (Å²) >= 11 is 1.50. The average Bonchev–Trinajstić information content (AvgIpc) is 3.45. The number of imide groups is 1. The molecule has 1 fully saturated rings. The zero-order chi connectivity index (χ0) is 20.3. The third kappa shape index (κ3) is 3.00. The molecule has 2 amide bonds. The summed E-state index contributed by atoms with van der Waals surface area (Å²) in [5.74, 6) is 0.376.